The van der Waals surface area contributed by atoms with E-state index >= 15 is 0 Å². The Hall–Kier alpha value is -6.25. The lowest BCUT2D eigenvalue weighted by Crippen LogP contribution is -2.30. The van der Waals surface area contributed by atoms with Gasteiger partial charge in [0, 0.05) is 40.4 Å². The molecular formula is C35H24N2O6. The molecule has 43 heavy (non-hydrogen) atoms. The number of benzene rings is 4. The van der Waals surface area contributed by atoms with Gasteiger partial charge in [0.1, 0.15) is 5.75 Å². The van der Waals surface area contributed by atoms with Crippen molar-refractivity contribution in [2.24, 2.45) is 0 Å². The van der Waals surface area contributed by atoms with E-state index in [0.29, 0.717) is 29.4 Å². The first-order valence-electron chi connectivity index (χ1n) is 12.8. The second-order valence-corrected chi connectivity index (χ2v) is 9.47. The van der Waals surface area contributed by atoms with Crippen LogP contribution >= 0.6 is 0 Å². The van der Waals surface area contributed by atoms with Gasteiger partial charge in [-0.2, -0.15) is 0 Å². The number of carbonyl (C=O) groups is 5. The predicted octanol–water partition coefficient (Wildman–Crippen LogP) is 4.79. The molecule has 1 N–H and O–H groups in total. The van der Waals surface area contributed by atoms with Gasteiger partial charge < -0.3 is 10.0 Å². The lowest BCUT2D eigenvalue weighted by molar-refractivity contribution is -0.106. The Balaban J connectivity index is 1.65. The van der Waals surface area contributed by atoms with Gasteiger partial charge in [0.15, 0.2) is 12.1 Å². The summed E-state index contributed by atoms with van der Waals surface area (Å²) in [7, 11) is 1.39. The van der Waals surface area contributed by atoms with E-state index in [1.807, 2.05) is 0 Å². The van der Waals surface area contributed by atoms with Gasteiger partial charge in [-0.1, -0.05) is 24.0 Å². The molecule has 0 bridgehead atoms. The number of ketones is 1. The van der Waals surface area contributed by atoms with Crippen molar-refractivity contribution in [1.82, 2.24) is 0 Å². The smallest absolute Gasteiger partial charge is 0.265 e. The highest BCUT2D eigenvalue weighted by molar-refractivity contribution is 6.17. The fourth-order valence-corrected chi connectivity index (χ4v) is 4.48. The van der Waals surface area contributed by atoms with E-state index in [-0.39, 0.29) is 44.9 Å². The van der Waals surface area contributed by atoms with Crippen LogP contribution in [0.2, 0.25) is 0 Å². The van der Waals surface area contributed by atoms with Crippen LogP contribution in [0.15, 0.2) is 78.9 Å². The Bertz CT molecular complexity index is 1890. The van der Waals surface area contributed by atoms with Crippen molar-refractivity contribution in [3.63, 3.8) is 0 Å². The number of carbonyl (C=O) groups excluding carboxylic acids is 5. The molecule has 210 valence electrons. The Morgan fingerprint density at radius 3 is 2.07 bits per heavy atom. The van der Waals surface area contributed by atoms with Crippen LogP contribution in [0.25, 0.3) is 0 Å². The van der Waals surface area contributed by atoms with Crippen LogP contribution in [-0.2, 0) is 4.79 Å². The number of imide groups is 1. The van der Waals surface area contributed by atoms with Crippen LogP contribution in [0.1, 0.15) is 63.7 Å². The molecule has 4 aromatic rings. The zero-order valence-electron chi connectivity index (χ0n) is 23.2. The number of aromatic hydroxyl groups is 1. The highest BCUT2D eigenvalue weighted by Gasteiger charge is 2.23. The fourth-order valence-electron chi connectivity index (χ4n) is 4.48. The number of terminal acetylenes is 2. The number of aryl methyl sites for hydroxylation is 1. The highest BCUT2D eigenvalue weighted by Crippen LogP contribution is 2.31. The molecular weight excluding hydrogens is 544 g/mol. The summed E-state index contributed by atoms with van der Waals surface area (Å²) < 4.78 is 0. The molecule has 0 radical (unpaired) electrons. The third-order valence-corrected chi connectivity index (χ3v) is 6.81. The second-order valence-electron chi connectivity index (χ2n) is 9.47. The maximum atomic E-state index is 13.5. The number of rotatable bonds is 8. The van der Waals surface area contributed by atoms with Gasteiger partial charge in [0.25, 0.3) is 11.8 Å². The first-order valence-corrected chi connectivity index (χ1v) is 12.8. The molecule has 0 saturated carbocycles. The number of phenols is 1. The van der Waals surface area contributed by atoms with Gasteiger partial charge in [-0.3, -0.25) is 24.0 Å². The Morgan fingerprint density at radius 1 is 0.791 bits per heavy atom. The summed E-state index contributed by atoms with van der Waals surface area (Å²) in [4.78, 5) is 65.6. The SMILES string of the molecule is C#Cc1ccc(C(=O)N(C=O)c2cccc(C(=O)c3ccc(O)c(N(C)C(=O)c4ccc(C#C)cc4C=O)c3)c2)c(C)c1. The quantitative estimate of drug-likeness (QED) is 0.186. The number of phenolic OH excluding ortho intramolecular Hbond substituents is 1. The highest BCUT2D eigenvalue weighted by atomic mass is 16.3. The molecule has 0 aliphatic carbocycles. The predicted molar refractivity (Wildman–Crippen MR) is 162 cm³/mol. The topological polar surface area (TPSA) is 112 Å². The lowest BCUT2D eigenvalue weighted by atomic mass is 10.0. The average molecular weight is 569 g/mol. The lowest BCUT2D eigenvalue weighted by Gasteiger charge is -2.20. The summed E-state index contributed by atoms with van der Waals surface area (Å²) >= 11 is 0. The van der Waals surface area contributed by atoms with Crippen molar-refractivity contribution in [3.05, 3.63) is 123 Å². The number of nitrogens with zero attached hydrogens (tertiary/aromatic N) is 2. The van der Waals surface area contributed by atoms with Crippen LogP contribution in [0, 0.1) is 31.6 Å². The number of hydrogen-bond donors (Lipinski definition) is 1. The molecule has 0 fully saturated rings. The molecule has 0 aliphatic rings. The minimum atomic E-state index is -0.613. The Morgan fingerprint density at radius 2 is 1.44 bits per heavy atom. The van der Waals surface area contributed by atoms with Crippen LogP contribution in [0.4, 0.5) is 11.4 Å². The largest absolute Gasteiger partial charge is 0.506 e. The summed E-state index contributed by atoms with van der Waals surface area (Å²) in [5, 5.41) is 10.5. The molecule has 0 atom stereocenters. The van der Waals surface area contributed by atoms with Gasteiger partial charge in [-0.05, 0) is 79.2 Å². The molecule has 0 saturated heterocycles. The van der Waals surface area contributed by atoms with E-state index in [4.69, 9.17) is 12.8 Å². The minimum absolute atomic E-state index is 0.0143. The van der Waals surface area contributed by atoms with E-state index in [2.05, 4.69) is 11.8 Å². The van der Waals surface area contributed by atoms with E-state index in [1.54, 1.807) is 19.1 Å². The third kappa shape index (κ3) is 5.95. The zero-order valence-corrected chi connectivity index (χ0v) is 23.2. The number of aldehydes is 1. The van der Waals surface area contributed by atoms with Gasteiger partial charge in [-0.15, -0.1) is 12.8 Å². The monoisotopic (exact) mass is 568 g/mol. The van der Waals surface area contributed by atoms with E-state index in [9.17, 15) is 29.1 Å². The van der Waals surface area contributed by atoms with Gasteiger partial charge in [0.2, 0.25) is 6.41 Å². The normalized spacial score (nSPS) is 10.1. The van der Waals surface area contributed by atoms with Crippen LogP contribution in [0.3, 0.4) is 0 Å². The Labute approximate surface area is 248 Å². The molecule has 0 spiro atoms. The van der Waals surface area contributed by atoms with Crippen molar-refractivity contribution < 1.29 is 29.1 Å². The van der Waals surface area contributed by atoms with E-state index in [0.717, 1.165) is 9.80 Å². The third-order valence-electron chi connectivity index (χ3n) is 6.81. The van der Waals surface area contributed by atoms with E-state index in [1.165, 1.54) is 73.8 Å². The van der Waals surface area contributed by atoms with Crippen molar-refractivity contribution in [2.75, 3.05) is 16.8 Å². The zero-order chi connectivity index (χ0) is 31.3. The standard InChI is InChI=1S/C35H24N2O6/c1-5-23-10-13-29(22(3)16-23)35(43)37(21-39)28-9-7-8-25(18-28)33(41)26-12-15-32(40)31(19-26)36(4)34(42)30-14-11-24(6-2)17-27(30)20-38/h1-2,7-21,40H,3-4H3. The summed E-state index contributed by atoms with van der Waals surface area (Å²) in [5.74, 6) is 2.90. The summed E-state index contributed by atoms with van der Waals surface area (Å²) in [6.07, 6.45) is 11.7. The number of amides is 3. The molecule has 8 nitrogen and oxygen atoms in total. The maximum absolute atomic E-state index is 13.5. The van der Waals surface area contributed by atoms with Crippen molar-refractivity contribution in [1.29, 1.82) is 0 Å². The van der Waals surface area contributed by atoms with Crippen molar-refractivity contribution in [2.45, 2.75) is 6.92 Å². The fraction of sp³-hybridized carbons (Fsp3) is 0.0571. The first kappa shape index (κ1) is 29.7. The van der Waals surface area contributed by atoms with Gasteiger partial charge >= 0.3 is 0 Å². The van der Waals surface area contributed by atoms with Crippen LogP contribution < -0.4 is 9.80 Å². The molecule has 0 unspecified atom stereocenters. The van der Waals surface area contributed by atoms with Crippen molar-refractivity contribution in [3.8, 4) is 30.4 Å². The summed E-state index contributed by atoms with van der Waals surface area (Å²) in [6.45, 7) is 1.70. The van der Waals surface area contributed by atoms with Crippen LogP contribution in [0.5, 0.6) is 5.75 Å². The number of anilines is 2. The number of hydrogen-bond acceptors (Lipinski definition) is 6. The summed E-state index contributed by atoms with van der Waals surface area (Å²) in [6, 6.07) is 19.1. The summed E-state index contributed by atoms with van der Waals surface area (Å²) in [5.41, 5.74) is 2.44. The minimum Gasteiger partial charge on any atom is -0.506 e. The molecule has 0 aliphatic heterocycles. The van der Waals surface area contributed by atoms with Crippen molar-refractivity contribution >= 4 is 41.7 Å². The van der Waals surface area contributed by atoms with Gasteiger partial charge in [-0.25, -0.2) is 4.90 Å². The molecule has 4 aromatic carbocycles. The van der Waals surface area contributed by atoms with Crippen LogP contribution in [-0.4, -0.2) is 42.4 Å². The second kappa shape index (κ2) is 12.5. The molecule has 4 rings (SSSR count). The first-order chi connectivity index (χ1) is 20.6. The van der Waals surface area contributed by atoms with Gasteiger partial charge in [0.05, 0.1) is 16.9 Å². The molecule has 0 heterocycles. The molecule has 3 amide bonds. The van der Waals surface area contributed by atoms with E-state index < -0.39 is 17.6 Å². The molecule has 0 aromatic heterocycles. The maximum Gasteiger partial charge on any atom is 0.265 e. The molecule has 8 heteroatoms. The Kier molecular flexibility index (Phi) is 8.65. The average Bonchev–Trinajstić information content (AvgIpc) is 3.03.